The minimum absolute atomic E-state index is 0.0233. The smallest absolute Gasteiger partial charge is 0.352 e. The molecule has 0 fully saturated rings. The van der Waals surface area contributed by atoms with Gasteiger partial charge in [-0.3, -0.25) is 0 Å². The molecule has 1 aliphatic heterocycles. The lowest BCUT2D eigenvalue weighted by molar-refractivity contribution is 0.0692. The third-order valence-corrected chi connectivity index (χ3v) is 4.28. The number of methoxy groups -OCH3 is 1. The van der Waals surface area contributed by atoms with Gasteiger partial charge >= 0.3 is 5.97 Å². The molecule has 0 saturated carbocycles. The molecule has 0 amide bonds. The molecule has 0 aliphatic carbocycles. The number of rotatable bonds is 3. The number of ether oxygens (including phenoxy) is 2. The highest BCUT2D eigenvalue weighted by Crippen LogP contribution is 2.45. The number of aromatic carboxylic acids is 1. The van der Waals surface area contributed by atoms with Crippen molar-refractivity contribution in [3.63, 3.8) is 0 Å². The molecular formula is C19H14FNO4. The van der Waals surface area contributed by atoms with Crippen LogP contribution in [0, 0.1) is 5.82 Å². The molecule has 0 unspecified atom stereocenters. The molecule has 1 aliphatic rings. The summed E-state index contributed by atoms with van der Waals surface area (Å²) in [5, 5.41) is 9.66. The molecule has 2 aromatic carbocycles. The third-order valence-electron chi connectivity index (χ3n) is 4.28. The predicted octanol–water partition coefficient (Wildman–Crippen LogP) is 4.09. The van der Waals surface area contributed by atoms with Crippen LogP contribution in [-0.4, -0.2) is 23.2 Å². The van der Waals surface area contributed by atoms with Gasteiger partial charge in [-0.15, -0.1) is 0 Å². The van der Waals surface area contributed by atoms with Gasteiger partial charge in [-0.05, 0) is 24.3 Å². The summed E-state index contributed by atoms with van der Waals surface area (Å²) < 4.78 is 24.6. The summed E-state index contributed by atoms with van der Waals surface area (Å²) in [4.78, 5) is 14.8. The van der Waals surface area contributed by atoms with Crippen molar-refractivity contribution in [3.8, 4) is 33.9 Å². The zero-order valence-corrected chi connectivity index (χ0v) is 13.3. The maximum Gasteiger partial charge on any atom is 0.352 e. The number of H-pyrrole nitrogens is 1. The van der Waals surface area contributed by atoms with E-state index in [1.807, 2.05) is 24.3 Å². The van der Waals surface area contributed by atoms with Crippen molar-refractivity contribution in [1.82, 2.24) is 4.98 Å². The molecule has 1 aromatic heterocycles. The molecule has 2 N–H and O–H groups in total. The van der Waals surface area contributed by atoms with Crippen molar-refractivity contribution >= 4 is 5.97 Å². The average molecular weight is 339 g/mol. The highest BCUT2D eigenvalue weighted by molar-refractivity contribution is 5.99. The number of nitrogens with one attached hydrogen (secondary N) is 1. The van der Waals surface area contributed by atoms with E-state index < -0.39 is 11.8 Å². The lowest BCUT2D eigenvalue weighted by atomic mass is 9.96. The molecule has 25 heavy (non-hydrogen) atoms. The monoisotopic (exact) mass is 339 g/mol. The van der Waals surface area contributed by atoms with Gasteiger partial charge in [0.15, 0.2) is 0 Å². The Morgan fingerprint density at radius 2 is 2.04 bits per heavy atom. The molecule has 2 heterocycles. The average Bonchev–Trinajstić information content (AvgIpc) is 3.01. The molecule has 6 heteroatoms. The lowest BCUT2D eigenvalue weighted by Gasteiger charge is -2.19. The quantitative estimate of drug-likeness (QED) is 0.754. The summed E-state index contributed by atoms with van der Waals surface area (Å²) >= 11 is 0. The Balaban J connectivity index is 2.02. The second kappa shape index (κ2) is 5.66. The Morgan fingerprint density at radius 3 is 2.80 bits per heavy atom. The first-order chi connectivity index (χ1) is 12.1. The second-order valence-electron chi connectivity index (χ2n) is 5.66. The first-order valence-electron chi connectivity index (χ1n) is 7.64. The van der Waals surface area contributed by atoms with Gasteiger partial charge in [0, 0.05) is 28.3 Å². The summed E-state index contributed by atoms with van der Waals surface area (Å²) in [6.45, 7) is 0.214. The Bertz CT molecular complexity index is 993. The van der Waals surface area contributed by atoms with Crippen LogP contribution in [0.15, 0.2) is 42.5 Å². The number of carbonyl (C=O) groups is 1. The molecule has 4 rings (SSSR count). The Labute approximate surface area is 142 Å². The van der Waals surface area contributed by atoms with E-state index in [1.54, 1.807) is 0 Å². The third kappa shape index (κ3) is 2.34. The maximum absolute atomic E-state index is 13.5. The summed E-state index contributed by atoms with van der Waals surface area (Å²) in [5.41, 5.74) is 3.17. The fourth-order valence-corrected chi connectivity index (χ4v) is 3.19. The van der Waals surface area contributed by atoms with Crippen LogP contribution < -0.4 is 9.47 Å². The molecule has 0 saturated heterocycles. The van der Waals surface area contributed by atoms with Crippen LogP contribution >= 0.6 is 0 Å². The highest BCUT2D eigenvalue weighted by Gasteiger charge is 2.29. The molecule has 126 valence electrons. The van der Waals surface area contributed by atoms with Gasteiger partial charge < -0.3 is 19.6 Å². The van der Waals surface area contributed by atoms with Gasteiger partial charge in [0.1, 0.15) is 29.6 Å². The Kier molecular flexibility index (Phi) is 3.46. The van der Waals surface area contributed by atoms with Gasteiger partial charge in [0.25, 0.3) is 0 Å². The van der Waals surface area contributed by atoms with E-state index in [0.29, 0.717) is 28.1 Å². The molecule has 0 atom stereocenters. The van der Waals surface area contributed by atoms with Crippen LogP contribution in [0.25, 0.3) is 22.4 Å². The predicted molar refractivity (Wildman–Crippen MR) is 89.5 cm³/mol. The van der Waals surface area contributed by atoms with E-state index in [4.69, 9.17) is 9.47 Å². The summed E-state index contributed by atoms with van der Waals surface area (Å²) in [7, 11) is 1.42. The fourth-order valence-electron chi connectivity index (χ4n) is 3.19. The lowest BCUT2D eigenvalue weighted by Crippen LogP contribution is -2.05. The molecule has 0 radical (unpaired) electrons. The van der Waals surface area contributed by atoms with E-state index >= 15 is 0 Å². The normalized spacial score (nSPS) is 12.1. The van der Waals surface area contributed by atoms with Crippen LogP contribution in [0.4, 0.5) is 4.39 Å². The second-order valence-corrected chi connectivity index (χ2v) is 5.66. The Morgan fingerprint density at radius 1 is 1.24 bits per heavy atom. The van der Waals surface area contributed by atoms with E-state index in [2.05, 4.69) is 4.98 Å². The first kappa shape index (κ1) is 15.3. The Hall–Kier alpha value is -3.28. The van der Waals surface area contributed by atoms with Crippen molar-refractivity contribution in [2.75, 3.05) is 7.11 Å². The number of aromatic nitrogens is 1. The van der Waals surface area contributed by atoms with Crippen molar-refractivity contribution in [2.45, 2.75) is 6.61 Å². The van der Waals surface area contributed by atoms with Gasteiger partial charge in [-0.25, -0.2) is 9.18 Å². The van der Waals surface area contributed by atoms with Gasteiger partial charge in [-0.1, -0.05) is 12.1 Å². The van der Waals surface area contributed by atoms with E-state index in [1.165, 1.54) is 25.3 Å². The maximum atomic E-state index is 13.5. The standard InChI is InChI=1S/C19H14FNO4/c1-24-15-8-10(20)6-7-11(15)16-13-9-25-14-5-3-2-4-12(14)17(13)21-18(16)19(22)23/h2-8,21H,9H2,1H3,(H,22,23). The number of carboxylic acid groups (broad SMARTS) is 1. The molecule has 0 bridgehead atoms. The van der Waals surface area contributed by atoms with Gasteiger partial charge in [0.05, 0.1) is 12.8 Å². The summed E-state index contributed by atoms with van der Waals surface area (Å²) in [6, 6.07) is 11.4. The topological polar surface area (TPSA) is 71.5 Å². The summed E-state index contributed by atoms with van der Waals surface area (Å²) in [6.07, 6.45) is 0. The number of aromatic amines is 1. The van der Waals surface area contributed by atoms with Crippen LogP contribution in [0.5, 0.6) is 11.5 Å². The number of benzene rings is 2. The van der Waals surface area contributed by atoms with Crippen LogP contribution in [0.1, 0.15) is 16.1 Å². The minimum Gasteiger partial charge on any atom is -0.496 e. The number of halogens is 1. The SMILES string of the molecule is COc1cc(F)ccc1-c1c(C(=O)O)[nH]c2c1COc1ccccc1-2. The number of hydrogen-bond donors (Lipinski definition) is 2. The van der Waals surface area contributed by atoms with E-state index in [9.17, 15) is 14.3 Å². The van der Waals surface area contributed by atoms with Crippen molar-refractivity contribution < 1.29 is 23.8 Å². The first-order valence-corrected chi connectivity index (χ1v) is 7.64. The zero-order valence-electron chi connectivity index (χ0n) is 13.3. The van der Waals surface area contributed by atoms with Crippen LogP contribution in [0.2, 0.25) is 0 Å². The number of carboxylic acids is 1. The fraction of sp³-hybridized carbons (Fsp3) is 0.105. The highest BCUT2D eigenvalue weighted by atomic mass is 19.1. The molecule has 3 aromatic rings. The number of hydrogen-bond acceptors (Lipinski definition) is 3. The van der Waals surface area contributed by atoms with E-state index in [-0.39, 0.29) is 18.1 Å². The number of fused-ring (bicyclic) bond motifs is 3. The van der Waals surface area contributed by atoms with Crippen molar-refractivity contribution in [1.29, 1.82) is 0 Å². The number of para-hydroxylation sites is 1. The molecular weight excluding hydrogens is 325 g/mol. The summed E-state index contributed by atoms with van der Waals surface area (Å²) in [5.74, 6) is -0.606. The van der Waals surface area contributed by atoms with Crippen LogP contribution in [0.3, 0.4) is 0 Å². The van der Waals surface area contributed by atoms with Gasteiger partial charge in [-0.2, -0.15) is 0 Å². The molecule has 5 nitrogen and oxygen atoms in total. The van der Waals surface area contributed by atoms with Crippen molar-refractivity contribution in [3.05, 3.63) is 59.5 Å². The molecule has 0 spiro atoms. The van der Waals surface area contributed by atoms with E-state index in [0.717, 1.165) is 5.56 Å². The largest absolute Gasteiger partial charge is 0.496 e. The minimum atomic E-state index is -1.10. The van der Waals surface area contributed by atoms with Crippen LogP contribution in [-0.2, 0) is 6.61 Å². The zero-order chi connectivity index (χ0) is 17.6. The van der Waals surface area contributed by atoms with Gasteiger partial charge in [0.2, 0.25) is 0 Å². The van der Waals surface area contributed by atoms with Crippen molar-refractivity contribution in [2.24, 2.45) is 0 Å².